The van der Waals surface area contributed by atoms with Crippen molar-refractivity contribution in [1.82, 2.24) is 0 Å². The van der Waals surface area contributed by atoms with Crippen molar-refractivity contribution in [2.45, 2.75) is 6.42 Å². The van der Waals surface area contributed by atoms with Crippen LogP contribution < -0.4 is 0 Å². The normalized spacial score (nSPS) is 12.7. The lowest BCUT2D eigenvalue weighted by Crippen LogP contribution is -2.24. The molecule has 1 aromatic rings. The molecule has 0 aliphatic heterocycles. The molecule has 5 N–H and O–H groups in total. The SMILES string of the molecule is O=C(O)CC(C(=O)O)/C(=C\c1c(Br)c(O)c(O)c(Br)c1Br)C(=O)O. The fourth-order valence-electron chi connectivity index (χ4n) is 1.75. The summed E-state index contributed by atoms with van der Waals surface area (Å²) in [6.07, 6.45) is -0.0317. The molecule has 1 atom stereocenters. The van der Waals surface area contributed by atoms with E-state index in [9.17, 15) is 29.7 Å². The Morgan fingerprint density at radius 2 is 1.42 bits per heavy atom. The van der Waals surface area contributed by atoms with Crippen molar-refractivity contribution >= 4 is 71.8 Å². The van der Waals surface area contributed by atoms with Gasteiger partial charge in [0.25, 0.3) is 0 Å². The number of phenols is 2. The van der Waals surface area contributed by atoms with Crippen molar-refractivity contribution in [3.8, 4) is 11.5 Å². The van der Waals surface area contributed by atoms with Gasteiger partial charge in [-0.05, 0) is 53.9 Å². The number of carboxylic acid groups (broad SMARTS) is 3. The van der Waals surface area contributed by atoms with Crippen LogP contribution in [0.3, 0.4) is 0 Å². The average molecular weight is 533 g/mol. The second kappa shape index (κ2) is 7.99. The highest BCUT2D eigenvalue weighted by Crippen LogP contribution is 2.47. The van der Waals surface area contributed by atoms with Crippen LogP contribution in [0.15, 0.2) is 19.0 Å². The van der Waals surface area contributed by atoms with Crippen LogP contribution >= 0.6 is 47.8 Å². The molecule has 1 unspecified atom stereocenters. The summed E-state index contributed by atoms with van der Waals surface area (Å²) in [5.41, 5.74) is -0.700. The fourth-order valence-corrected chi connectivity index (χ4v) is 3.42. The van der Waals surface area contributed by atoms with Crippen LogP contribution in [0, 0.1) is 5.92 Å². The van der Waals surface area contributed by atoms with Crippen LogP contribution in [0.25, 0.3) is 6.08 Å². The summed E-state index contributed by atoms with van der Waals surface area (Å²) in [6.45, 7) is 0. The Hall–Kier alpha value is -1.59. The van der Waals surface area contributed by atoms with E-state index in [0.29, 0.717) is 0 Å². The van der Waals surface area contributed by atoms with Gasteiger partial charge in [-0.15, -0.1) is 0 Å². The van der Waals surface area contributed by atoms with Gasteiger partial charge in [-0.25, -0.2) is 4.79 Å². The monoisotopic (exact) mass is 530 g/mol. The zero-order valence-electron chi connectivity index (χ0n) is 11.5. The van der Waals surface area contributed by atoms with E-state index in [0.717, 1.165) is 6.08 Å². The molecule has 1 aromatic carbocycles. The van der Waals surface area contributed by atoms with E-state index in [1.165, 1.54) is 0 Å². The summed E-state index contributed by atoms with van der Waals surface area (Å²) in [6, 6.07) is 0. The van der Waals surface area contributed by atoms with Crippen molar-refractivity contribution in [1.29, 1.82) is 0 Å². The Kier molecular flexibility index (Phi) is 6.81. The Labute approximate surface area is 159 Å². The maximum atomic E-state index is 11.4. The number of halogens is 3. The van der Waals surface area contributed by atoms with Gasteiger partial charge in [0.05, 0.1) is 26.9 Å². The van der Waals surface area contributed by atoms with Crippen molar-refractivity contribution in [2.24, 2.45) is 5.92 Å². The molecule has 0 aliphatic carbocycles. The number of carboxylic acids is 3. The quantitative estimate of drug-likeness (QED) is 0.213. The standard InChI is InChI=1S/C13H9Br3O8/c14-7-5(8(15)10(19)11(20)9(7)16)1-3(12(21)22)4(13(23)24)2-6(17)18/h1,4,19-20H,2H2,(H,17,18)(H,21,22)(H,23,24)/b3-1+. The lowest BCUT2D eigenvalue weighted by molar-refractivity contribution is -0.148. The summed E-state index contributed by atoms with van der Waals surface area (Å²) in [4.78, 5) is 33.4. The largest absolute Gasteiger partial charge is 0.503 e. The highest BCUT2D eigenvalue weighted by molar-refractivity contribution is 9.13. The van der Waals surface area contributed by atoms with Crippen molar-refractivity contribution < 1.29 is 39.9 Å². The number of benzene rings is 1. The summed E-state index contributed by atoms with van der Waals surface area (Å²) >= 11 is 9.03. The lowest BCUT2D eigenvalue weighted by atomic mass is 9.93. The van der Waals surface area contributed by atoms with Gasteiger partial charge in [-0.3, -0.25) is 9.59 Å². The molecule has 1 rings (SSSR count). The maximum Gasteiger partial charge on any atom is 0.332 e. The Morgan fingerprint density at radius 3 is 1.83 bits per heavy atom. The van der Waals surface area contributed by atoms with Crippen LogP contribution in [0.1, 0.15) is 12.0 Å². The second-order valence-corrected chi connectivity index (χ2v) is 6.83. The maximum absolute atomic E-state index is 11.4. The van der Waals surface area contributed by atoms with E-state index in [4.69, 9.17) is 10.2 Å². The summed E-state index contributed by atoms with van der Waals surface area (Å²) in [5, 5.41) is 46.7. The zero-order chi connectivity index (χ0) is 18.8. The first-order valence-corrected chi connectivity index (χ1v) is 8.34. The zero-order valence-corrected chi connectivity index (χ0v) is 16.2. The predicted molar refractivity (Wildman–Crippen MR) is 91.9 cm³/mol. The first-order valence-electron chi connectivity index (χ1n) is 5.96. The third kappa shape index (κ3) is 4.28. The number of rotatable bonds is 6. The molecule has 8 nitrogen and oxygen atoms in total. The minimum Gasteiger partial charge on any atom is -0.503 e. The number of aliphatic carboxylic acids is 3. The smallest absolute Gasteiger partial charge is 0.332 e. The molecule has 0 heterocycles. The number of phenolic OH excluding ortho intramolecular Hbond substituents is 2. The van der Waals surface area contributed by atoms with Crippen molar-refractivity contribution in [2.75, 3.05) is 0 Å². The predicted octanol–water partition coefficient (Wildman–Crippen LogP) is 3.03. The summed E-state index contributed by atoms with van der Waals surface area (Å²) in [7, 11) is 0. The molecule has 0 aromatic heterocycles. The molecule has 0 bridgehead atoms. The molecule has 0 aliphatic rings. The van der Waals surface area contributed by atoms with E-state index < -0.39 is 47.3 Å². The van der Waals surface area contributed by atoms with Crippen LogP contribution in [0.4, 0.5) is 0 Å². The molecule has 0 saturated carbocycles. The molecule has 0 amide bonds. The van der Waals surface area contributed by atoms with Crippen molar-refractivity contribution in [3.05, 3.63) is 24.6 Å². The van der Waals surface area contributed by atoms with Gasteiger partial charge in [0, 0.05) is 10.0 Å². The van der Waals surface area contributed by atoms with Gasteiger partial charge in [0.1, 0.15) is 0 Å². The molecule has 0 saturated heterocycles. The van der Waals surface area contributed by atoms with E-state index >= 15 is 0 Å². The van der Waals surface area contributed by atoms with Crippen LogP contribution in [0.5, 0.6) is 11.5 Å². The van der Waals surface area contributed by atoms with E-state index in [-0.39, 0.29) is 19.0 Å². The highest BCUT2D eigenvalue weighted by atomic mass is 79.9. The number of aromatic hydroxyl groups is 2. The number of hydrogen-bond donors (Lipinski definition) is 5. The minimum absolute atomic E-state index is 0.00398. The Balaban J connectivity index is 3.66. The van der Waals surface area contributed by atoms with E-state index in [2.05, 4.69) is 47.8 Å². The molecule has 11 heteroatoms. The number of carbonyl (C=O) groups is 3. The minimum atomic E-state index is -1.81. The van der Waals surface area contributed by atoms with Gasteiger partial charge in [-0.2, -0.15) is 0 Å². The van der Waals surface area contributed by atoms with Crippen LogP contribution in [-0.4, -0.2) is 43.4 Å². The first-order chi connectivity index (χ1) is 11.0. The second-order valence-electron chi connectivity index (χ2n) is 4.45. The van der Waals surface area contributed by atoms with Gasteiger partial charge >= 0.3 is 17.9 Å². The Bertz CT molecular complexity index is 727. The molecule has 0 fully saturated rings. The molecule has 130 valence electrons. The molecule has 24 heavy (non-hydrogen) atoms. The number of hydrogen-bond acceptors (Lipinski definition) is 5. The van der Waals surface area contributed by atoms with Crippen LogP contribution in [-0.2, 0) is 14.4 Å². The van der Waals surface area contributed by atoms with Crippen LogP contribution in [0.2, 0.25) is 0 Å². The van der Waals surface area contributed by atoms with Gasteiger partial charge in [0.2, 0.25) is 0 Å². The van der Waals surface area contributed by atoms with Gasteiger partial charge in [0.15, 0.2) is 11.5 Å². The third-order valence-electron chi connectivity index (χ3n) is 2.90. The summed E-state index contributed by atoms with van der Waals surface area (Å²) < 4.78 is 0.0282. The van der Waals surface area contributed by atoms with E-state index in [1.807, 2.05) is 0 Å². The van der Waals surface area contributed by atoms with Gasteiger partial charge < -0.3 is 25.5 Å². The van der Waals surface area contributed by atoms with Crippen molar-refractivity contribution in [3.63, 3.8) is 0 Å². The molecule has 0 spiro atoms. The Morgan fingerprint density at radius 1 is 0.917 bits per heavy atom. The molecular formula is C13H9Br3O8. The lowest BCUT2D eigenvalue weighted by Gasteiger charge is -2.14. The summed E-state index contributed by atoms with van der Waals surface area (Å²) in [5.74, 6) is -7.68. The molecule has 0 radical (unpaired) electrons. The first kappa shape index (κ1) is 20.5. The van der Waals surface area contributed by atoms with Gasteiger partial charge in [-0.1, -0.05) is 0 Å². The van der Waals surface area contributed by atoms with E-state index in [1.54, 1.807) is 0 Å². The average Bonchev–Trinajstić information content (AvgIpc) is 2.48. The fraction of sp³-hybridized carbons (Fsp3) is 0.154. The molecular weight excluding hydrogens is 524 g/mol. The third-order valence-corrected chi connectivity index (χ3v) is 5.84. The highest BCUT2D eigenvalue weighted by Gasteiger charge is 2.31. The topological polar surface area (TPSA) is 152 Å².